The summed E-state index contributed by atoms with van der Waals surface area (Å²) in [5.74, 6) is 0.420. The number of nitrogens with one attached hydrogen (secondary N) is 2. The van der Waals surface area contributed by atoms with Crippen LogP contribution >= 0.6 is 0 Å². The molecule has 0 radical (unpaired) electrons. The number of carbonyl (C=O) groups excluding carboxylic acids is 1. The van der Waals surface area contributed by atoms with Gasteiger partial charge in [-0.05, 0) is 49.9 Å². The number of alkyl halides is 4. The largest absolute Gasteiger partial charge is 0.368 e. The number of fused-ring (bicyclic) bond motifs is 1. The summed E-state index contributed by atoms with van der Waals surface area (Å²) in [6, 6.07) is 10.7. The van der Waals surface area contributed by atoms with Gasteiger partial charge in [0.25, 0.3) is 18.8 Å². The van der Waals surface area contributed by atoms with E-state index in [0.717, 1.165) is 25.7 Å². The molecule has 0 aliphatic heterocycles. The molecule has 1 aliphatic rings. The number of nitrogens with zero attached hydrogens (tertiary/aromatic N) is 2. The van der Waals surface area contributed by atoms with Crippen LogP contribution in [0.25, 0.3) is 5.65 Å². The minimum absolute atomic E-state index is 0.00482. The van der Waals surface area contributed by atoms with E-state index in [1.807, 2.05) is 6.07 Å². The van der Waals surface area contributed by atoms with Crippen molar-refractivity contribution in [3.63, 3.8) is 0 Å². The fraction of sp³-hybridized carbons (Fsp3) is 0.364. The second-order valence-electron chi connectivity index (χ2n) is 7.69. The predicted octanol–water partition coefficient (Wildman–Crippen LogP) is 5.36. The minimum Gasteiger partial charge on any atom is -0.368 e. The molecule has 2 aromatic heterocycles. The zero-order valence-electron chi connectivity index (χ0n) is 16.6. The van der Waals surface area contributed by atoms with E-state index in [-0.39, 0.29) is 29.2 Å². The van der Waals surface area contributed by atoms with Gasteiger partial charge in [0, 0.05) is 29.4 Å². The van der Waals surface area contributed by atoms with Gasteiger partial charge in [0.2, 0.25) is 0 Å². The molecule has 4 rings (SSSR count). The van der Waals surface area contributed by atoms with E-state index >= 15 is 0 Å². The molecule has 0 spiro atoms. The minimum atomic E-state index is -2.63. The number of hydrogen-bond donors (Lipinski definition) is 2. The summed E-state index contributed by atoms with van der Waals surface area (Å²) in [4.78, 5) is 16.3. The van der Waals surface area contributed by atoms with Gasteiger partial charge in [-0.1, -0.05) is 18.2 Å². The number of anilines is 1. The maximum absolute atomic E-state index is 13.0. The molecule has 5 nitrogen and oxygen atoms in total. The molecule has 1 aliphatic carbocycles. The van der Waals surface area contributed by atoms with E-state index in [4.69, 9.17) is 0 Å². The van der Waals surface area contributed by atoms with Crippen molar-refractivity contribution in [1.29, 1.82) is 0 Å². The second-order valence-corrected chi connectivity index (χ2v) is 7.69. The Morgan fingerprint density at radius 3 is 2.26 bits per heavy atom. The van der Waals surface area contributed by atoms with Crippen LogP contribution in [0.2, 0.25) is 0 Å². The van der Waals surface area contributed by atoms with Crippen molar-refractivity contribution in [2.75, 3.05) is 5.32 Å². The van der Waals surface area contributed by atoms with Gasteiger partial charge in [0.05, 0.1) is 0 Å². The van der Waals surface area contributed by atoms with Gasteiger partial charge in [-0.2, -0.15) is 0 Å². The van der Waals surface area contributed by atoms with Crippen molar-refractivity contribution >= 4 is 17.4 Å². The highest BCUT2D eigenvalue weighted by molar-refractivity contribution is 5.94. The Kier molecular flexibility index (Phi) is 6.11. The molecule has 1 saturated carbocycles. The summed E-state index contributed by atoms with van der Waals surface area (Å²) >= 11 is 0. The Morgan fingerprint density at radius 2 is 1.61 bits per heavy atom. The van der Waals surface area contributed by atoms with Crippen molar-refractivity contribution in [3.05, 3.63) is 65.5 Å². The summed E-state index contributed by atoms with van der Waals surface area (Å²) in [5, 5.41) is 6.35. The zero-order chi connectivity index (χ0) is 22.0. The van der Waals surface area contributed by atoms with Crippen LogP contribution in [-0.4, -0.2) is 27.4 Å². The lowest BCUT2D eigenvalue weighted by molar-refractivity contribution is 0.0926. The molecule has 3 aromatic rings. The molecule has 0 bridgehead atoms. The highest BCUT2D eigenvalue weighted by atomic mass is 19.3. The van der Waals surface area contributed by atoms with Crippen LogP contribution in [0.4, 0.5) is 23.4 Å². The SMILES string of the molecule is O=C(NC1CCC(Nc2cccc3nc(C(F)F)cn23)CC1)c1ccc(C(F)F)cc1. The van der Waals surface area contributed by atoms with Gasteiger partial charge in [-0.25, -0.2) is 22.5 Å². The number of hydrogen-bond acceptors (Lipinski definition) is 3. The first kappa shape index (κ1) is 21.1. The smallest absolute Gasteiger partial charge is 0.281 e. The van der Waals surface area contributed by atoms with Gasteiger partial charge in [-0.3, -0.25) is 9.20 Å². The zero-order valence-corrected chi connectivity index (χ0v) is 16.6. The summed E-state index contributed by atoms with van der Waals surface area (Å²) in [6.45, 7) is 0. The monoisotopic (exact) mass is 434 g/mol. The Bertz CT molecular complexity index is 1040. The number of amides is 1. The van der Waals surface area contributed by atoms with Crippen LogP contribution in [-0.2, 0) is 0 Å². The molecular weight excluding hydrogens is 412 g/mol. The standard InChI is InChI=1S/C22H22F4N4O/c23-20(24)13-4-6-14(7-5-13)22(31)28-16-10-8-15(9-11-16)27-18-2-1-3-19-29-17(21(25)26)12-30(18)19/h1-7,12,15-16,20-21,27H,8-11H2,(H,28,31). The predicted molar refractivity (Wildman–Crippen MR) is 109 cm³/mol. The number of rotatable bonds is 6. The van der Waals surface area contributed by atoms with Crippen LogP contribution in [0.15, 0.2) is 48.7 Å². The van der Waals surface area contributed by atoms with Gasteiger partial charge < -0.3 is 10.6 Å². The average molecular weight is 434 g/mol. The third-order valence-electron chi connectivity index (χ3n) is 5.57. The molecule has 0 atom stereocenters. The molecule has 1 aromatic carbocycles. The molecule has 0 unspecified atom stereocenters. The lowest BCUT2D eigenvalue weighted by Crippen LogP contribution is -2.40. The van der Waals surface area contributed by atoms with Crippen molar-refractivity contribution in [1.82, 2.24) is 14.7 Å². The fourth-order valence-corrected chi connectivity index (χ4v) is 3.89. The second kappa shape index (κ2) is 8.95. The number of pyridine rings is 1. The first-order valence-corrected chi connectivity index (χ1v) is 10.1. The van der Waals surface area contributed by atoms with Crippen molar-refractivity contribution < 1.29 is 22.4 Å². The van der Waals surface area contributed by atoms with Crippen molar-refractivity contribution in [2.45, 2.75) is 50.6 Å². The first-order valence-electron chi connectivity index (χ1n) is 10.1. The van der Waals surface area contributed by atoms with Crippen molar-refractivity contribution in [2.24, 2.45) is 0 Å². The van der Waals surface area contributed by atoms with Gasteiger partial charge in [0.1, 0.15) is 17.2 Å². The Hall–Kier alpha value is -3.10. The summed E-state index contributed by atoms with van der Waals surface area (Å²) in [7, 11) is 0. The van der Waals surface area contributed by atoms with Gasteiger partial charge in [0.15, 0.2) is 0 Å². The van der Waals surface area contributed by atoms with Crippen LogP contribution in [0.1, 0.15) is 60.1 Å². The third kappa shape index (κ3) is 4.81. The Labute approximate surface area is 176 Å². The number of imidazole rings is 1. The van der Waals surface area contributed by atoms with E-state index in [9.17, 15) is 22.4 Å². The summed E-state index contributed by atoms with van der Waals surface area (Å²) < 4.78 is 52.8. The normalized spacial score (nSPS) is 19.2. The molecule has 1 fully saturated rings. The topological polar surface area (TPSA) is 58.4 Å². The summed E-state index contributed by atoms with van der Waals surface area (Å²) in [5.41, 5.74) is 0.435. The van der Waals surface area contributed by atoms with E-state index in [1.165, 1.54) is 30.5 Å². The number of aromatic nitrogens is 2. The highest BCUT2D eigenvalue weighted by Gasteiger charge is 2.24. The molecular formula is C22H22F4N4O. The molecule has 9 heteroatoms. The number of halogens is 4. The third-order valence-corrected chi connectivity index (χ3v) is 5.57. The quantitative estimate of drug-likeness (QED) is 0.514. The molecule has 0 saturated heterocycles. The van der Waals surface area contributed by atoms with Crippen molar-refractivity contribution in [3.8, 4) is 0 Å². The maximum Gasteiger partial charge on any atom is 0.281 e. The maximum atomic E-state index is 13.0. The molecule has 2 N–H and O–H groups in total. The lowest BCUT2D eigenvalue weighted by atomic mass is 9.91. The van der Waals surface area contributed by atoms with Gasteiger partial charge >= 0.3 is 0 Å². The fourth-order valence-electron chi connectivity index (χ4n) is 3.89. The molecule has 31 heavy (non-hydrogen) atoms. The molecule has 164 valence electrons. The molecule has 2 heterocycles. The Morgan fingerprint density at radius 1 is 0.935 bits per heavy atom. The lowest BCUT2D eigenvalue weighted by Gasteiger charge is -2.30. The van der Waals surface area contributed by atoms with E-state index in [1.54, 1.807) is 16.5 Å². The highest BCUT2D eigenvalue weighted by Crippen LogP contribution is 2.25. The van der Waals surface area contributed by atoms with E-state index < -0.39 is 12.9 Å². The first-order chi connectivity index (χ1) is 14.9. The average Bonchev–Trinajstić information content (AvgIpc) is 3.21. The van der Waals surface area contributed by atoms with Crippen LogP contribution in [0, 0.1) is 0 Å². The van der Waals surface area contributed by atoms with Crippen LogP contribution < -0.4 is 10.6 Å². The number of benzene rings is 1. The summed E-state index contributed by atoms with van der Waals surface area (Å²) in [6.07, 6.45) is -0.757. The van der Waals surface area contributed by atoms with Crippen LogP contribution in [0.5, 0.6) is 0 Å². The number of carbonyl (C=O) groups is 1. The van der Waals surface area contributed by atoms with E-state index in [2.05, 4.69) is 15.6 Å². The van der Waals surface area contributed by atoms with Gasteiger partial charge in [-0.15, -0.1) is 0 Å². The Balaban J connectivity index is 1.33. The van der Waals surface area contributed by atoms with Crippen LogP contribution in [0.3, 0.4) is 0 Å². The molecule has 1 amide bonds. The van der Waals surface area contributed by atoms with E-state index in [0.29, 0.717) is 17.0 Å².